The lowest BCUT2D eigenvalue weighted by Gasteiger charge is -2.40. The molecular weight excluding hydrogens is 286 g/mol. The summed E-state index contributed by atoms with van der Waals surface area (Å²) in [6.45, 7) is 1.60. The van der Waals surface area contributed by atoms with E-state index in [-0.39, 0.29) is 24.0 Å². The van der Waals surface area contributed by atoms with E-state index in [1.54, 1.807) is 6.92 Å². The molecule has 7 heteroatoms. The number of hydrogen-bond donors (Lipinski definition) is 1. The van der Waals surface area contributed by atoms with Gasteiger partial charge in [-0.05, 0) is 42.0 Å². The smallest absolute Gasteiger partial charge is 0.393 e. The van der Waals surface area contributed by atoms with Crippen molar-refractivity contribution in [1.29, 1.82) is 0 Å². The summed E-state index contributed by atoms with van der Waals surface area (Å²) in [7, 11) is 0. The number of alkyl halides is 6. The van der Waals surface area contributed by atoms with Crippen molar-refractivity contribution in [1.82, 2.24) is 0 Å². The van der Waals surface area contributed by atoms with Gasteiger partial charge in [0.05, 0.1) is 17.2 Å². The molecule has 0 radical (unpaired) electrons. The Balaban J connectivity index is 2.47. The van der Waals surface area contributed by atoms with E-state index in [1.165, 1.54) is 0 Å². The first-order valence-electron chi connectivity index (χ1n) is 5.97. The highest BCUT2D eigenvalue weighted by Crippen LogP contribution is 2.45. The van der Waals surface area contributed by atoms with Crippen molar-refractivity contribution in [2.75, 3.05) is 0 Å². The van der Waals surface area contributed by atoms with Crippen molar-refractivity contribution in [2.45, 2.75) is 37.7 Å². The van der Waals surface area contributed by atoms with E-state index in [0.717, 1.165) is 12.1 Å². The molecule has 0 heterocycles. The lowest BCUT2D eigenvalue weighted by Crippen LogP contribution is -2.37. The molecule has 2 rings (SSSR count). The van der Waals surface area contributed by atoms with E-state index >= 15 is 0 Å². The fourth-order valence-electron chi connectivity index (χ4n) is 2.39. The van der Waals surface area contributed by atoms with Gasteiger partial charge in [0.1, 0.15) is 0 Å². The molecule has 1 N–H and O–H groups in total. The zero-order valence-corrected chi connectivity index (χ0v) is 10.4. The van der Waals surface area contributed by atoms with E-state index in [2.05, 4.69) is 0 Å². The van der Waals surface area contributed by atoms with Gasteiger partial charge in [0.15, 0.2) is 0 Å². The first-order chi connectivity index (χ1) is 9.00. The second-order valence-electron chi connectivity index (χ2n) is 5.11. The largest absolute Gasteiger partial charge is 0.416 e. The van der Waals surface area contributed by atoms with Gasteiger partial charge in [-0.1, -0.05) is 6.92 Å². The molecule has 0 amide bonds. The van der Waals surface area contributed by atoms with Gasteiger partial charge in [-0.15, -0.1) is 0 Å². The van der Waals surface area contributed by atoms with Gasteiger partial charge in [0.2, 0.25) is 0 Å². The second kappa shape index (κ2) is 4.65. The topological polar surface area (TPSA) is 20.2 Å². The molecule has 20 heavy (non-hydrogen) atoms. The molecule has 0 bridgehead atoms. The Morgan fingerprint density at radius 3 is 1.70 bits per heavy atom. The Kier molecular flexibility index (Phi) is 3.52. The molecule has 0 spiro atoms. The summed E-state index contributed by atoms with van der Waals surface area (Å²) in [5, 5.41) is 9.36. The van der Waals surface area contributed by atoms with Crippen molar-refractivity contribution >= 4 is 0 Å². The summed E-state index contributed by atoms with van der Waals surface area (Å²) in [4.78, 5) is 0. The highest BCUT2D eigenvalue weighted by molar-refractivity contribution is 5.37. The standard InChI is InChI=1S/C13H12F6O/c1-6-10(5-11(6)20)7-2-8(12(14,15)16)4-9(3-7)13(17,18)19/h2-4,6,10-11,20H,5H2,1H3. The summed E-state index contributed by atoms with van der Waals surface area (Å²) in [6.07, 6.45) is -10.2. The number of hydrogen-bond acceptors (Lipinski definition) is 1. The Morgan fingerprint density at radius 1 is 0.950 bits per heavy atom. The van der Waals surface area contributed by atoms with E-state index in [1.807, 2.05) is 0 Å². The van der Waals surface area contributed by atoms with Gasteiger partial charge in [-0.2, -0.15) is 26.3 Å². The van der Waals surface area contributed by atoms with Gasteiger partial charge in [-0.3, -0.25) is 0 Å². The van der Waals surface area contributed by atoms with Crippen LogP contribution in [-0.4, -0.2) is 11.2 Å². The lowest BCUT2D eigenvalue weighted by molar-refractivity contribution is -0.143. The van der Waals surface area contributed by atoms with Gasteiger partial charge in [0, 0.05) is 0 Å². The number of aliphatic hydroxyl groups is 1. The number of benzene rings is 1. The first-order valence-corrected chi connectivity index (χ1v) is 5.97. The third-order valence-electron chi connectivity index (χ3n) is 3.78. The molecule has 1 aliphatic rings. The van der Waals surface area contributed by atoms with Crippen molar-refractivity contribution < 1.29 is 31.4 Å². The number of rotatable bonds is 1. The minimum Gasteiger partial charge on any atom is -0.393 e. The van der Waals surface area contributed by atoms with Crippen LogP contribution in [0.15, 0.2) is 18.2 Å². The molecule has 1 nitrogen and oxygen atoms in total. The monoisotopic (exact) mass is 298 g/mol. The zero-order chi connectivity index (χ0) is 15.3. The fourth-order valence-corrected chi connectivity index (χ4v) is 2.39. The van der Waals surface area contributed by atoms with Crippen LogP contribution in [0.1, 0.15) is 36.0 Å². The minimum absolute atomic E-state index is 0.0232. The summed E-state index contributed by atoms with van der Waals surface area (Å²) < 4.78 is 76.1. The third-order valence-corrected chi connectivity index (χ3v) is 3.78. The molecule has 1 aliphatic carbocycles. The summed E-state index contributed by atoms with van der Waals surface area (Å²) in [6, 6.07) is 1.59. The molecule has 3 atom stereocenters. The molecule has 0 saturated heterocycles. The molecular formula is C13H12F6O. The highest BCUT2D eigenvalue weighted by Gasteiger charge is 2.41. The lowest BCUT2D eigenvalue weighted by atomic mass is 9.68. The van der Waals surface area contributed by atoms with Crippen LogP contribution in [0.3, 0.4) is 0 Å². The molecule has 1 aromatic rings. The van der Waals surface area contributed by atoms with Crippen LogP contribution in [0.25, 0.3) is 0 Å². The van der Waals surface area contributed by atoms with Crippen molar-refractivity contribution in [3.05, 3.63) is 34.9 Å². The quantitative estimate of drug-likeness (QED) is 0.770. The Bertz CT molecular complexity index is 472. The third kappa shape index (κ3) is 2.77. The Hall–Kier alpha value is -1.24. The molecule has 1 fully saturated rings. The number of halogens is 6. The van der Waals surface area contributed by atoms with E-state index < -0.39 is 35.5 Å². The maximum atomic E-state index is 12.7. The molecule has 0 aromatic heterocycles. The number of aliphatic hydroxyl groups excluding tert-OH is 1. The van der Waals surface area contributed by atoms with Crippen molar-refractivity contribution in [3.8, 4) is 0 Å². The molecule has 1 aromatic carbocycles. The van der Waals surface area contributed by atoms with Gasteiger partial charge < -0.3 is 5.11 Å². The normalized spacial score (nSPS) is 27.3. The average molecular weight is 298 g/mol. The van der Waals surface area contributed by atoms with Gasteiger partial charge >= 0.3 is 12.4 Å². The van der Waals surface area contributed by atoms with Crippen LogP contribution in [0, 0.1) is 5.92 Å². The maximum absolute atomic E-state index is 12.7. The van der Waals surface area contributed by atoms with Gasteiger partial charge in [0.25, 0.3) is 0 Å². The predicted octanol–water partition coefficient (Wildman–Crippen LogP) is 4.21. The van der Waals surface area contributed by atoms with E-state index in [4.69, 9.17) is 0 Å². The summed E-state index contributed by atoms with van der Waals surface area (Å²) in [5.74, 6) is -0.826. The van der Waals surface area contributed by atoms with E-state index in [9.17, 15) is 31.4 Å². The molecule has 1 saturated carbocycles. The average Bonchev–Trinajstić information content (AvgIpc) is 2.32. The first kappa shape index (κ1) is 15.2. The fraction of sp³-hybridized carbons (Fsp3) is 0.538. The van der Waals surface area contributed by atoms with Crippen LogP contribution in [0.4, 0.5) is 26.3 Å². The van der Waals surface area contributed by atoms with Crippen molar-refractivity contribution in [2.24, 2.45) is 5.92 Å². The van der Waals surface area contributed by atoms with Crippen LogP contribution < -0.4 is 0 Å². The predicted molar refractivity (Wildman–Crippen MR) is 59.0 cm³/mol. The summed E-state index contributed by atoms with van der Waals surface area (Å²) >= 11 is 0. The molecule has 3 unspecified atom stereocenters. The van der Waals surface area contributed by atoms with Crippen LogP contribution in [0.5, 0.6) is 0 Å². The summed E-state index contributed by atoms with van der Waals surface area (Å²) in [5.41, 5.74) is -2.64. The Labute approximate surface area is 111 Å². The second-order valence-corrected chi connectivity index (χ2v) is 5.11. The van der Waals surface area contributed by atoms with E-state index in [0.29, 0.717) is 0 Å². The Morgan fingerprint density at radius 2 is 1.40 bits per heavy atom. The molecule has 112 valence electrons. The molecule has 0 aliphatic heterocycles. The van der Waals surface area contributed by atoms with Crippen LogP contribution in [0.2, 0.25) is 0 Å². The minimum atomic E-state index is -4.83. The van der Waals surface area contributed by atoms with Crippen molar-refractivity contribution in [3.63, 3.8) is 0 Å². The highest BCUT2D eigenvalue weighted by atomic mass is 19.4. The van der Waals surface area contributed by atoms with Crippen LogP contribution >= 0.6 is 0 Å². The van der Waals surface area contributed by atoms with Crippen LogP contribution in [-0.2, 0) is 12.4 Å². The SMILES string of the molecule is CC1C(O)CC1c1cc(C(F)(F)F)cc(C(F)(F)F)c1. The maximum Gasteiger partial charge on any atom is 0.416 e. The van der Waals surface area contributed by atoms with Gasteiger partial charge in [-0.25, -0.2) is 0 Å². The zero-order valence-electron chi connectivity index (χ0n) is 10.4.